The van der Waals surface area contributed by atoms with E-state index in [-0.39, 0.29) is 28.9 Å². The summed E-state index contributed by atoms with van der Waals surface area (Å²) in [5.41, 5.74) is 2.10. The molecule has 1 fully saturated rings. The van der Waals surface area contributed by atoms with E-state index in [1.54, 1.807) is 25.3 Å². The van der Waals surface area contributed by atoms with Crippen LogP contribution in [0.5, 0.6) is 0 Å². The van der Waals surface area contributed by atoms with Gasteiger partial charge in [-0.25, -0.2) is 4.39 Å². The van der Waals surface area contributed by atoms with Gasteiger partial charge in [-0.1, -0.05) is 51.1 Å². The summed E-state index contributed by atoms with van der Waals surface area (Å²) in [6, 6.07) is 10.7. The number of nitrogens with zero attached hydrogens (tertiary/aromatic N) is 1. The Balaban J connectivity index is 2.22. The van der Waals surface area contributed by atoms with Crippen molar-refractivity contribution < 1.29 is 23.8 Å². The number of aliphatic hydroxyl groups is 1. The maximum Gasteiger partial charge on any atom is 0.295 e. The number of rotatable bonds is 6. The molecule has 1 aliphatic rings. The number of halogens is 1. The number of methoxy groups -OCH3 is 1. The number of aryl methyl sites for hydroxylation is 1. The second kappa shape index (κ2) is 9.25. The highest BCUT2D eigenvalue weighted by atomic mass is 19.1. The largest absolute Gasteiger partial charge is 0.507 e. The first-order valence-corrected chi connectivity index (χ1v) is 10.7. The van der Waals surface area contributed by atoms with Crippen molar-refractivity contribution in [1.82, 2.24) is 4.90 Å². The Hall–Kier alpha value is -2.99. The molecule has 1 saturated heterocycles. The molecule has 170 valence electrons. The van der Waals surface area contributed by atoms with Crippen molar-refractivity contribution in [2.45, 2.75) is 45.6 Å². The maximum atomic E-state index is 14.8. The topological polar surface area (TPSA) is 66.8 Å². The number of likely N-dealkylation sites (tertiary alicyclic amines) is 1. The van der Waals surface area contributed by atoms with Crippen LogP contribution in [-0.4, -0.2) is 42.0 Å². The van der Waals surface area contributed by atoms with Gasteiger partial charge in [0.25, 0.3) is 11.7 Å². The number of aliphatic hydroxyl groups excluding tert-OH is 1. The average molecular weight is 440 g/mol. The highest BCUT2D eigenvalue weighted by molar-refractivity contribution is 6.46. The number of Topliss-reactive ketones (excluding diaryl/α,β-unsaturated/α-hetero) is 1. The molecule has 0 saturated carbocycles. The Kier molecular flexibility index (Phi) is 6.84. The van der Waals surface area contributed by atoms with Crippen LogP contribution < -0.4 is 0 Å². The summed E-state index contributed by atoms with van der Waals surface area (Å²) >= 11 is 0. The number of carbonyl (C=O) groups is 2. The van der Waals surface area contributed by atoms with Gasteiger partial charge in [0.05, 0.1) is 11.6 Å². The molecule has 0 radical (unpaired) electrons. The lowest BCUT2D eigenvalue weighted by molar-refractivity contribution is -0.140. The Morgan fingerprint density at radius 1 is 1.16 bits per heavy atom. The number of ketones is 1. The number of hydrogen-bond acceptors (Lipinski definition) is 4. The highest BCUT2D eigenvalue weighted by Crippen LogP contribution is 2.41. The van der Waals surface area contributed by atoms with Crippen molar-refractivity contribution in [3.63, 3.8) is 0 Å². The molecule has 0 spiro atoms. The fourth-order valence-corrected chi connectivity index (χ4v) is 4.00. The third-order valence-electron chi connectivity index (χ3n) is 5.85. The molecule has 32 heavy (non-hydrogen) atoms. The SMILES string of the molecule is COCCCN1C(=O)C(=O)/C(=C(/O)c2cc(C(C)(C)C)ccc2C)C1c1ccccc1F. The van der Waals surface area contributed by atoms with E-state index in [4.69, 9.17) is 4.74 Å². The molecule has 1 unspecified atom stereocenters. The number of carbonyl (C=O) groups excluding carboxylic acids is 2. The van der Waals surface area contributed by atoms with E-state index in [1.807, 2.05) is 25.1 Å². The Labute approximate surface area is 188 Å². The van der Waals surface area contributed by atoms with Crippen LogP contribution in [0.3, 0.4) is 0 Å². The number of benzene rings is 2. The van der Waals surface area contributed by atoms with Gasteiger partial charge in [0, 0.05) is 31.4 Å². The monoisotopic (exact) mass is 439 g/mol. The first-order valence-electron chi connectivity index (χ1n) is 10.7. The third-order valence-corrected chi connectivity index (χ3v) is 5.85. The molecule has 5 nitrogen and oxygen atoms in total. The second-order valence-electron chi connectivity index (χ2n) is 9.14. The lowest BCUT2D eigenvalue weighted by Gasteiger charge is -2.26. The van der Waals surface area contributed by atoms with Crippen LogP contribution in [0.2, 0.25) is 0 Å². The molecular formula is C26H30FNO4. The molecule has 6 heteroatoms. The number of hydrogen-bond donors (Lipinski definition) is 1. The Morgan fingerprint density at radius 3 is 2.47 bits per heavy atom. The zero-order chi connectivity index (χ0) is 23.6. The quantitative estimate of drug-likeness (QED) is 0.301. The predicted octanol–water partition coefficient (Wildman–Crippen LogP) is 4.89. The molecule has 1 aliphatic heterocycles. The standard InChI is InChI=1S/C26H30FNO4/c1-16-11-12-17(26(2,3)4)15-19(16)23(29)21-22(18-9-6-7-10-20(18)27)28(13-8-14-32-5)25(31)24(21)30/h6-7,9-12,15,22,29H,8,13-14H2,1-5H3/b23-21+. The van der Waals surface area contributed by atoms with Crippen LogP contribution in [0, 0.1) is 12.7 Å². The van der Waals surface area contributed by atoms with Crippen LogP contribution in [0.15, 0.2) is 48.0 Å². The van der Waals surface area contributed by atoms with Gasteiger partial charge < -0.3 is 14.7 Å². The molecule has 3 rings (SSSR count). The van der Waals surface area contributed by atoms with Gasteiger partial charge in [-0.2, -0.15) is 0 Å². The van der Waals surface area contributed by atoms with E-state index < -0.39 is 23.5 Å². The lowest BCUT2D eigenvalue weighted by Crippen LogP contribution is -2.31. The van der Waals surface area contributed by atoms with Gasteiger partial charge in [0.15, 0.2) is 0 Å². The smallest absolute Gasteiger partial charge is 0.295 e. The molecule has 0 aromatic heterocycles. The number of ether oxygens (including phenoxy) is 1. The van der Waals surface area contributed by atoms with Crippen molar-refractivity contribution in [3.05, 3.63) is 76.1 Å². The van der Waals surface area contributed by atoms with Gasteiger partial charge >= 0.3 is 0 Å². The van der Waals surface area contributed by atoms with Crippen molar-refractivity contribution in [3.8, 4) is 0 Å². The summed E-state index contributed by atoms with van der Waals surface area (Å²) in [4.78, 5) is 27.3. The van der Waals surface area contributed by atoms with E-state index in [0.717, 1.165) is 11.1 Å². The minimum absolute atomic E-state index is 0.0910. The van der Waals surface area contributed by atoms with Gasteiger partial charge in [0.1, 0.15) is 11.6 Å². The molecule has 2 aromatic carbocycles. The minimum atomic E-state index is -1.01. The lowest BCUT2D eigenvalue weighted by atomic mass is 9.84. The molecule has 1 atom stereocenters. The predicted molar refractivity (Wildman–Crippen MR) is 122 cm³/mol. The van der Waals surface area contributed by atoms with Gasteiger partial charge in [-0.05, 0) is 42.0 Å². The normalized spacial score (nSPS) is 18.4. The summed E-state index contributed by atoms with van der Waals surface area (Å²) in [6.45, 7) is 8.57. The molecule has 2 aromatic rings. The van der Waals surface area contributed by atoms with Crippen LogP contribution in [-0.2, 0) is 19.7 Å². The second-order valence-corrected chi connectivity index (χ2v) is 9.14. The fourth-order valence-electron chi connectivity index (χ4n) is 4.00. The van der Waals surface area contributed by atoms with Crippen molar-refractivity contribution in [2.24, 2.45) is 0 Å². The van der Waals surface area contributed by atoms with Crippen LogP contribution in [0.1, 0.15) is 55.5 Å². The summed E-state index contributed by atoms with van der Waals surface area (Å²) in [5.74, 6) is -2.38. The van der Waals surface area contributed by atoms with E-state index in [0.29, 0.717) is 18.6 Å². The summed E-state index contributed by atoms with van der Waals surface area (Å²) in [6.07, 6.45) is 0.479. The molecule has 0 bridgehead atoms. The molecule has 0 aliphatic carbocycles. The van der Waals surface area contributed by atoms with Crippen molar-refractivity contribution in [2.75, 3.05) is 20.3 Å². The summed E-state index contributed by atoms with van der Waals surface area (Å²) in [7, 11) is 1.55. The zero-order valence-electron chi connectivity index (χ0n) is 19.2. The van der Waals surface area contributed by atoms with E-state index >= 15 is 0 Å². The molecular weight excluding hydrogens is 409 g/mol. The number of amides is 1. The average Bonchev–Trinajstić information content (AvgIpc) is 2.98. The van der Waals surface area contributed by atoms with Crippen LogP contribution in [0.4, 0.5) is 4.39 Å². The molecule has 1 amide bonds. The van der Waals surface area contributed by atoms with Crippen LogP contribution in [0.25, 0.3) is 5.76 Å². The fraction of sp³-hybridized carbons (Fsp3) is 0.385. The first kappa shape index (κ1) is 23.7. The Bertz CT molecular complexity index is 1070. The molecule has 1 N–H and O–H groups in total. The highest BCUT2D eigenvalue weighted by Gasteiger charge is 2.46. The minimum Gasteiger partial charge on any atom is -0.507 e. The van der Waals surface area contributed by atoms with E-state index in [2.05, 4.69) is 20.8 Å². The van der Waals surface area contributed by atoms with E-state index in [9.17, 15) is 19.1 Å². The molecule has 1 heterocycles. The first-order chi connectivity index (χ1) is 15.1. The van der Waals surface area contributed by atoms with Gasteiger partial charge in [0.2, 0.25) is 0 Å². The van der Waals surface area contributed by atoms with Gasteiger partial charge in [-0.3, -0.25) is 9.59 Å². The summed E-state index contributed by atoms with van der Waals surface area (Å²) < 4.78 is 19.9. The van der Waals surface area contributed by atoms with E-state index in [1.165, 1.54) is 11.0 Å². The maximum absolute atomic E-state index is 14.8. The van der Waals surface area contributed by atoms with Crippen molar-refractivity contribution in [1.29, 1.82) is 0 Å². The third kappa shape index (κ3) is 4.46. The zero-order valence-corrected chi connectivity index (χ0v) is 19.2. The Morgan fingerprint density at radius 2 is 1.84 bits per heavy atom. The summed E-state index contributed by atoms with van der Waals surface area (Å²) in [5, 5.41) is 11.3. The van der Waals surface area contributed by atoms with Gasteiger partial charge in [-0.15, -0.1) is 0 Å². The van der Waals surface area contributed by atoms with Crippen molar-refractivity contribution >= 4 is 17.4 Å². The van der Waals surface area contributed by atoms with Crippen LogP contribution >= 0.6 is 0 Å².